The summed E-state index contributed by atoms with van der Waals surface area (Å²) in [5, 5.41) is 4.93. The number of hydrogen-bond acceptors (Lipinski definition) is 1. The molecule has 3 heteroatoms. The van der Waals surface area contributed by atoms with E-state index in [4.69, 9.17) is 23.2 Å². The molecular formula is C12H15Cl2N. The molecule has 1 aliphatic heterocycles. The lowest BCUT2D eigenvalue weighted by molar-refractivity contribution is 0.160. The molecule has 1 fully saturated rings. The number of nitrogens with one attached hydrogen (secondary N) is 1. The van der Waals surface area contributed by atoms with Gasteiger partial charge in [0.1, 0.15) is 0 Å². The van der Waals surface area contributed by atoms with E-state index >= 15 is 0 Å². The Bertz CT molecular complexity index is 353. The third kappa shape index (κ3) is 2.30. The van der Waals surface area contributed by atoms with E-state index < -0.39 is 0 Å². The van der Waals surface area contributed by atoms with Gasteiger partial charge in [-0.2, -0.15) is 0 Å². The Hall–Kier alpha value is -0.240. The molecule has 0 aliphatic carbocycles. The Morgan fingerprint density at radius 3 is 2.60 bits per heavy atom. The molecule has 0 saturated carbocycles. The van der Waals surface area contributed by atoms with Crippen LogP contribution in [0.1, 0.15) is 18.9 Å². The van der Waals surface area contributed by atoms with E-state index in [2.05, 4.69) is 12.2 Å². The summed E-state index contributed by atoms with van der Waals surface area (Å²) in [6.07, 6.45) is 2.21. The molecule has 1 N–H and O–H groups in total. The summed E-state index contributed by atoms with van der Waals surface area (Å²) in [4.78, 5) is 0. The lowest BCUT2D eigenvalue weighted by Gasteiger charge is -2.42. The molecule has 82 valence electrons. The highest BCUT2D eigenvalue weighted by Gasteiger charge is 2.35. The molecule has 1 aromatic carbocycles. The van der Waals surface area contributed by atoms with Crippen LogP contribution in [0.25, 0.3) is 0 Å². The average molecular weight is 244 g/mol. The van der Waals surface area contributed by atoms with Crippen molar-refractivity contribution in [2.75, 3.05) is 13.1 Å². The minimum absolute atomic E-state index is 0.397. The first-order chi connectivity index (χ1) is 7.15. The molecule has 2 rings (SSSR count). The minimum Gasteiger partial charge on any atom is -0.316 e. The summed E-state index contributed by atoms with van der Waals surface area (Å²) in [5.41, 5.74) is 1.57. The maximum absolute atomic E-state index is 6.16. The highest BCUT2D eigenvalue weighted by atomic mass is 35.5. The Balaban J connectivity index is 2.19. The van der Waals surface area contributed by atoms with Crippen LogP contribution < -0.4 is 5.32 Å². The molecule has 0 radical (unpaired) electrons. The molecule has 0 unspecified atom stereocenters. The third-order valence-corrected chi connectivity index (χ3v) is 3.93. The van der Waals surface area contributed by atoms with Gasteiger partial charge in [0.25, 0.3) is 0 Å². The minimum atomic E-state index is 0.397. The van der Waals surface area contributed by atoms with E-state index in [9.17, 15) is 0 Å². The molecule has 0 amide bonds. The van der Waals surface area contributed by atoms with E-state index in [0.29, 0.717) is 5.41 Å². The SMILES string of the molecule is CCC1(Cc2cc(Cl)ccc2Cl)CNC1. The van der Waals surface area contributed by atoms with Crippen molar-refractivity contribution in [3.05, 3.63) is 33.8 Å². The predicted octanol–water partition coefficient (Wildman–Crippen LogP) is 3.54. The topological polar surface area (TPSA) is 12.0 Å². The molecular weight excluding hydrogens is 229 g/mol. The van der Waals surface area contributed by atoms with Crippen LogP contribution in [0.4, 0.5) is 0 Å². The molecule has 1 nitrogen and oxygen atoms in total. The fraction of sp³-hybridized carbons (Fsp3) is 0.500. The Kier molecular flexibility index (Phi) is 3.24. The van der Waals surface area contributed by atoms with Crippen molar-refractivity contribution in [2.45, 2.75) is 19.8 Å². The summed E-state index contributed by atoms with van der Waals surface area (Å²) in [6, 6.07) is 5.71. The first-order valence-corrected chi connectivity index (χ1v) is 6.05. The predicted molar refractivity (Wildman–Crippen MR) is 65.8 cm³/mol. The molecule has 0 spiro atoms. The summed E-state index contributed by atoms with van der Waals surface area (Å²) in [5.74, 6) is 0. The normalized spacial score (nSPS) is 18.6. The van der Waals surface area contributed by atoms with Gasteiger partial charge in [0.2, 0.25) is 0 Å². The van der Waals surface area contributed by atoms with Crippen LogP contribution in [0.15, 0.2) is 18.2 Å². The molecule has 1 aromatic rings. The van der Waals surface area contributed by atoms with E-state index in [1.54, 1.807) is 0 Å². The first-order valence-electron chi connectivity index (χ1n) is 5.30. The second kappa shape index (κ2) is 4.32. The van der Waals surface area contributed by atoms with Crippen molar-refractivity contribution in [3.8, 4) is 0 Å². The average Bonchev–Trinajstić information content (AvgIpc) is 2.17. The van der Waals surface area contributed by atoms with E-state index in [1.165, 1.54) is 12.0 Å². The van der Waals surface area contributed by atoms with Gasteiger partial charge < -0.3 is 5.32 Å². The van der Waals surface area contributed by atoms with Crippen molar-refractivity contribution in [1.82, 2.24) is 5.32 Å². The van der Waals surface area contributed by atoms with Gasteiger partial charge in [0, 0.05) is 23.1 Å². The van der Waals surface area contributed by atoms with Crippen LogP contribution in [0.2, 0.25) is 10.0 Å². The Morgan fingerprint density at radius 2 is 2.07 bits per heavy atom. The van der Waals surface area contributed by atoms with Crippen molar-refractivity contribution in [1.29, 1.82) is 0 Å². The maximum atomic E-state index is 6.16. The summed E-state index contributed by atoms with van der Waals surface area (Å²) in [6.45, 7) is 4.41. The Morgan fingerprint density at radius 1 is 1.33 bits per heavy atom. The number of rotatable bonds is 3. The van der Waals surface area contributed by atoms with E-state index in [1.807, 2.05) is 18.2 Å². The molecule has 1 saturated heterocycles. The van der Waals surface area contributed by atoms with Crippen LogP contribution in [0.3, 0.4) is 0 Å². The second-order valence-corrected chi connectivity index (χ2v) is 5.21. The lowest BCUT2D eigenvalue weighted by Crippen LogP contribution is -2.54. The van der Waals surface area contributed by atoms with Crippen LogP contribution in [-0.2, 0) is 6.42 Å². The highest BCUT2D eigenvalue weighted by Crippen LogP contribution is 2.34. The van der Waals surface area contributed by atoms with Crippen LogP contribution in [-0.4, -0.2) is 13.1 Å². The fourth-order valence-electron chi connectivity index (χ4n) is 2.06. The van der Waals surface area contributed by atoms with E-state index in [0.717, 1.165) is 29.6 Å². The fourth-order valence-corrected chi connectivity index (χ4v) is 2.44. The molecule has 0 atom stereocenters. The number of hydrogen-bond donors (Lipinski definition) is 1. The molecule has 15 heavy (non-hydrogen) atoms. The van der Waals surface area contributed by atoms with Gasteiger partial charge in [-0.1, -0.05) is 30.1 Å². The van der Waals surface area contributed by atoms with E-state index in [-0.39, 0.29) is 0 Å². The summed E-state index contributed by atoms with van der Waals surface area (Å²) in [7, 11) is 0. The second-order valence-electron chi connectivity index (χ2n) is 4.37. The zero-order valence-corrected chi connectivity index (χ0v) is 10.3. The standard InChI is InChI=1S/C12H15Cl2N/c1-2-12(7-15-8-12)6-9-5-10(13)3-4-11(9)14/h3-5,15H,2,6-8H2,1H3. The molecule has 0 aromatic heterocycles. The van der Waals surface area contributed by atoms with Gasteiger partial charge in [-0.3, -0.25) is 0 Å². The first kappa shape index (κ1) is 11.3. The van der Waals surface area contributed by atoms with Crippen LogP contribution in [0.5, 0.6) is 0 Å². The van der Waals surface area contributed by atoms with Gasteiger partial charge >= 0.3 is 0 Å². The largest absolute Gasteiger partial charge is 0.316 e. The smallest absolute Gasteiger partial charge is 0.0439 e. The zero-order valence-electron chi connectivity index (χ0n) is 8.82. The Labute approximate surface area is 101 Å². The highest BCUT2D eigenvalue weighted by molar-refractivity contribution is 6.33. The maximum Gasteiger partial charge on any atom is 0.0439 e. The zero-order chi connectivity index (χ0) is 10.9. The molecule has 1 heterocycles. The number of benzene rings is 1. The van der Waals surface area contributed by atoms with Crippen molar-refractivity contribution in [2.24, 2.45) is 5.41 Å². The summed E-state index contributed by atoms with van der Waals surface area (Å²) >= 11 is 12.1. The van der Waals surface area contributed by atoms with Crippen LogP contribution in [0, 0.1) is 5.41 Å². The van der Waals surface area contributed by atoms with Crippen molar-refractivity contribution in [3.63, 3.8) is 0 Å². The van der Waals surface area contributed by atoms with Gasteiger partial charge in [0.15, 0.2) is 0 Å². The quantitative estimate of drug-likeness (QED) is 0.857. The lowest BCUT2D eigenvalue weighted by atomic mass is 9.74. The van der Waals surface area contributed by atoms with Gasteiger partial charge in [0.05, 0.1) is 0 Å². The van der Waals surface area contributed by atoms with Gasteiger partial charge in [-0.05, 0) is 42.0 Å². The van der Waals surface area contributed by atoms with Crippen molar-refractivity contribution < 1.29 is 0 Å². The number of halogens is 2. The molecule has 0 bridgehead atoms. The van der Waals surface area contributed by atoms with Crippen molar-refractivity contribution >= 4 is 23.2 Å². The monoisotopic (exact) mass is 243 g/mol. The third-order valence-electron chi connectivity index (χ3n) is 3.32. The summed E-state index contributed by atoms with van der Waals surface area (Å²) < 4.78 is 0. The molecule has 1 aliphatic rings. The van der Waals surface area contributed by atoms with Crippen LogP contribution >= 0.6 is 23.2 Å². The van der Waals surface area contributed by atoms with Gasteiger partial charge in [-0.15, -0.1) is 0 Å². The van der Waals surface area contributed by atoms with Gasteiger partial charge in [-0.25, -0.2) is 0 Å².